The van der Waals surface area contributed by atoms with Crippen LogP contribution in [0.5, 0.6) is 0 Å². The number of hydrogen-bond acceptors (Lipinski definition) is 7. The summed E-state index contributed by atoms with van der Waals surface area (Å²) < 4.78 is 5.43. The van der Waals surface area contributed by atoms with Gasteiger partial charge in [-0.15, -0.1) is 11.3 Å². The average molecular weight is 425 g/mol. The standard InChI is InChI=1S/C20H16N4O3S2/c1-11(18(26)24-19-13(16(21)25)8-10-28-19)29-20-12-5-2-3-6-14(12)22-17(23-20)15-7-4-9-27-15/h2-11H,1H3,(H2,21,25)(H,24,26)/t11-/m0/s1. The number of furan rings is 1. The van der Waals surface area contributed by atoms with Crippen LogP contribution >= 0.6 is 23.1 Å². The van der Waals surface area contributed by atoms with Crippen LogP contribution < -0.4 is 11.1 Å². The molecular formula is C20H16N4O3S2. The summed E-state index contributed by atoms with van der Waals surface area (Å²) in [6.07, 6.45) is 1.56. The fourth-order valence-corrected chi connectivity index (χ4v) is 4.42. The zero-order chi connectivity index (χ0) is 20.4. The van der Waals surface area contributed by atoms with Crippen molar-refractivity contribution in [2.45, 2.75) is 17.2 Å². The molecule has 0 saturated carbocycles. The maximum Gasteiger partial charge on any atom is 0.251 e. The van der Waals surface area contributed by atoms with E-state index in [9.17, 15) is 9.59 Å². The average Bonchev–Trinajstić information content (AvgIpc) is 3.40. The van der Waals surface area contributed by atoms with Crippen molar-refractivity contribution in [3.63, 3.8) is 0 Å². The summed E-state index contributed by atoms with van der Waals surface area (Å²) in [5.41, 5.74) is 6.41. The lowest BCUT2D eigenvalue weighted by atomic mass is 10.2. The van der Waals surface area contributed by atoms with Gasteiger partial charge in [0.2, 0.25) is 5.91 Å². The number of carbonyl (C=O) groups is 2. The van der Waals surface area contributed by atoms with E-state index in [-0.39, 0.29) is 5.91 Å². The number of amides is 2. The molecule has 7 nitrogen and oxygen atoms in total. The molecule has 0 fully saturated rings. The van der Waals surface area contributed by atoms with E-state index in [1.165, 1.54) is 23.1 Å². The third-order valence-corrected chi connectivity index (χ3v) is 6.07. The first-order valence-electron chi connectivity index (χ1n) is 8.68. The molecule has 9 heteroatoms. The molecule has 0 aliphatic carbocycles. The monoisotopic (exact) mass is 424 g/mol. The summed E-state index contributed by atoms with van der Waals surface area (Å²) in [5.74, 6) is 0.186. The van der Waals surface area contributed by atoms with Crippen molar-refractivity contribution in [3.05, 3.63) is 59.7 Å². The van der Waals surface area contributed by atoms with Crippen LogP contribution in [0.1, 0.15) is 17.3 Å². The Bertz CT molecular complexity index is 1190. The number of rotatable bonds is 6. The number of thioether (sulfide) groups is 1. The quantitative estimate of drug-likeness (QED) is 0.355. The second-order valence-corrected chi connectivity index (χ2v) is 8.37. The molecule has 3 aromatic heterocycles. The van der Waals surface area contributed by atoms with Crippen LogP contribution in [0.25, 0.3) is 22.5 Å². The van der Waals surface area contributed by atoms with Crippen LogP contribution in [0.4, 0.5) is 5.00 Å². The van der Waals surface area contributed by atoms with Crippen molar-refractivity contribution >= 4 is 50.8 Å². The molecule has 4 rings (SSSR count). The molecule has 1 atom stereocenters. The lowest BCUT2D eigenvalue weighted by molar-refractivity contribution is -0.115. The Morgan fingerprint density at radius 3 is 2.76 bits per heavy atom. The molecule has 146 valence electrons. The number of carbonyl (C=O) groups excluding carboxylic acids is 2. The van der Waals surface area contributed by atoms with Crippen LogP contribution in [0.15, 0.2) is 63.6 Å². The zero-order valence-corrected chi connectivity index (χ0v) is 16.9. The first-order valence-corrected chi connectivity index (χ1v) is 10.4. The largest absolute Gasteiger partial charge is 0.461 e. The number of anilines is 1. The molecule has 3 N–H and O–H groups in total. The Hall–Kier alpha value is -3.17. The van der Waals surface area contributed by atoms with Gasteiger partial charge in [0.05, 0.1) is 22.6 Å². The second kappa shape index (κ2) is 8.06. The van der Waals surface area contributed by atoms with Crippen molar-refractivity contribution in [1.82, 2.24) is 9.97 Å². The van der Waals surface area contributed by atoms with Gasteiger partial charge in [0.15, 0.2) is 11.6 Å². The number of hydrogen-bond donors (Lipinski definition) is 2. The maximum absolute atomic E-state index is 12.7. The van der Waals surface area contributed by atoms with Gasteiger partial charge in [0, 0.05) is 5.39 Å². The molecule has 0 saturated heterocycles. The Labute approximate surface area is 174 Å². The van der Waals surface area contributed by atoms with E-state index in [0.717, 1.165) is 10.9 Å². The van der Waals surface area contributed by atoms with Gasteiger partial charge in [-0.05, 0) is 36.6 Å². The van der Waals surface area contributed by atoms with E-state index in [1.54, 1.807) is 36.8 Å². The van der Waals surface area contributed by atoms with E-state index in [2.05, 4.69) is 15.3 Å². The minimum Gasteiger partial charge on any atom is -0.461 e. The zero-order valence-electron chi connectivity index (χ0n) is 15.3. The third-order valence-electron chi connectivity index (χ3n) is 4.13. The minimum absolute atomic E-state index is 0.248. The van der Waals surface area contributed by atoms with Crippen molar-refractivity contribution in [2.75, 3.05) is 5.32 Å². The smallest absolute Gasteiger partial charge is 0.251 e. The van der Waals surface area contributed by atoms with Crippen LogP contribution in [0, 0.1) is 0 Å². The van der Waals surface area contributed by atoms with Gasteiger partial charge < -0.3 is 15.5 Å². The number of benzene rings is 1. The molecule has 29 heavy (non-hydrogen) atoms. The van der Waals surface area contributed by atoms with Crippen LogP contribution in [-0.4, -0.2) is 27.0 Å². The fourth-order valence-electron chi connectivity index (χ4n) is 2.69. The summed E-state index contributed by atoms with van der Waals surface area (Å²) in [6, 6.07) is 12.8. The molecule has 0 spiro atoms. The van der Waals surface area contributed by atoms with Crippen LogP contribution in [-0.2, 0) is 4.79 Å². The van der Waals surface area contributed by atoms with Crippen molar-refractivity contribution in [2.24, 2.45) is 5.73 Å². The van der Waals surface area contributed by atoms with Gasteiger partial charge in [-0.3, -0.25) is 9.59 Å². The summed E-state index contributed by atoms with van der Waals surface area (Å²) in [7, 11) is 0. The Morgan fingerprint density at radius 2 is 2.00 bits per heavy atom. The molecular weight excluding hydrogens is 408 g/mol. The Balaban J connectivity index is 1.62. The summed E-state index contributed by atoms with van der Waals surface area (Å²) in [5, 5.41) is 5.98. The van der Waals surface area contributed by atoms with Gasteiger partial charge in [0.1, 0.15) is 10.0 Å². The number of aromatic nitrogens is 2. The van der Waals surface area contributed by atoms with Crippen LogP contribution in [0.2, 0.25) is 0 Å². The summed E-state index contributed by atoms with van der Waals surface area (Å²) >= 11 is 2.57. The van der Waals surface area contributed by atoms with Gasteiger partial charge in [-0.25, -0.2) is 9.97 Å². The number of nitrogens with two attached hydrogens (primary N) is 1. The predicted octanol–water partition coefficient (Wildman–Crippen LogP) is 4.17. The van der Waals surface area contributed by atoms with E-state index in [1.807, 2.05) is 24.3 Å². The van der Waals surface area contributed by atoms with Crippen molar-refractivity contribution < 1.29 is 14.0 Å². The first-order chi connectivity index (χ1) is 14.0. The number of nitrogens with one attached hydrogen (secondary N) is 1. The number of thiophene rings is 1. The van der Waals surface area contributed by atoms with Crippen molar-refractivity contribution in [1.29, 1.82) is 0 Å². The predicted molar refractivity (Wildman–Crippen MR) is 114 cm³/mol. The lowest BCUT2D eigenvalue weighted by Gasteiger charge is -2.13. The summed E-state index contributed by atoms with van der Waals surface area (Å²) in [4.78, 5) is 33.3. The molecule has 0 unspecified atom stereocenters. The fraction of sp³-hybridized carbons (Fsp3) is 0.100. The number of para-hydroxylation sites is 1. The van der Waals surface area contributed by atoms with E-state index in [0.29, 0.717) is 27.2 Å². The molecule has 4 aromatic rings. The minimum atomic E-state index is -0.577. The normalized spacial score (nSPS) is 12.0. The SMILES string of the molecule is C[C@H](Sc1nc(-c2ccco2)nc2ccccc12)C(=O)Nc1sccc1C(N)=O. The molecule has 0 aliphatic heterocycles. The van der Waals surface area contributed by atoms with Gasteiger partial charge in [-0.2, -0.15) is 0 Å². The molecule has 0 radical (unpaired) electrons. The lowest BCUT2D eigenvalue weighted by Crippen LogP contribution is -2.23. The Kier molecular flexibility index (Phi) is 5.32. The highest BCUT2D eigenvalue weighted by Gasteiger charge is 2.21. The second-order valence-electron chi connectivity index (χ2n) is 6.12. The van der Waals surface area contributed by atoms with Gasteiger partial charge in [0.25, 0.3) is 5.91 Å². The van der Waals surface area contributed by atoms with E-state index in [4.69, 9.17) is 10.2 Å². The number of nitrogens with zero attached hydrogens (tertiary/aromatic N) is 2. The number of primary amides is 1. The number of fused-ring (bicyclic) bond motifs is 1. The molecule has 3 heterocycles. The molecule has 0 aliphatic rings. The molecule has 0 bridgehead atoms. The van der Waals surface area contributed by atoms with E-state index < -0.39 is 11.2 Å². The highest BCUT2D eigenvalue weighted by molar-refractivity contribution is 8.00. The van der Waals surface area contributed by atoms with E-state index >= 15 is 0 Å². The Morgan fingerprint density at radius 1 is 1.17 bits per heavy atom. The molecule has 2 amide bonds. The molecule has 1 aromatic carbocycles. The first kappa shape index (κ1) is 19.2. The van der Waals surface area contributed by atoms with Crippen molar-refractivity contribution in [3.8, 4) is 11.6 Å². The third kappa shape index (κ3) is 4.01. The summed E-state index contributed by atoms with van der Waals surface area (Å²) in [6.45, 7) is 1.78. The van der Waals surface area contributed by atoms with Crippen LogP contribution in [0.3, 0.4) is 0 Å². The van der Waals surface area contributed by atoms with Gasteiger partial charge >= 0.3 is 0 Å². The topological polar surface area (TPSA) is 111 Å². The maximum atomic E-state index is 12.7. The highest BCUT2D eigenvalue weighted by Crippen LogP contribution is 2.32. The van der Waals surface area contributed by atoms with Gasteiger partial charge in [-0.1, -0.05) is 30.0 Å². The highest BCUT2D eigenvalue weighted by atomic mass is 32.2.